The van der Waals surface area contributed by atoms with Crippen LogP contribution >= 0.6 is 0 Å². The highest BCUT2D eigenvalue weighted by molar-refractivity contribution is 6.07. The largest absolute Gasteiger partial charge is 0.337 e. The molecular formula is C17H20N2O. The van der Waals surface area contributed by atoms with Crippen molar-refractivity contribution in [2.45, 2.75) is 18.9 Å². The Kier molecular flexibility index (Phi) is 3.70. The molecule has 0 aromatic heterocycles. The molecule has 3 nitrogen and oxygen atoms in total. The highest BCUT2D eigenvalue weighted by atomic mass is 16.2. The van der Waals surface area contributed by atoms with Gasteiger partial charge < -0.3 is 10.2 Å². The van der Waals surface area contributed by atoms with Crippen LogP contribution in [0.1, 0.15) is 23.2 Å². The van der Waals surface area contributed by atoms with Gasteiger partial charge in [0.1, 0.15) is 0 Å². The number of amides is 1. The quantitative estimate of drug-likeness (QED) is 0.908. The van der Waals surface area contributed by atoms with E-state index in [0.29, 0.717) is 6.04 Å². The topological polar surface area (TPSA) is 32.3 Å². The number of likely N-dealkylation sites (N-methyl/N-ethyl adjacent to an activating group) is 1. The van der Waals surface area contributed by atoms with Crippen molar-refractivity contribution in [2.24, 2.45) is 0 Å². The first-order valence-corrected chi connectivity index (χ1v) is 7.24. The lowest BCUT2D eigenvalue weighted by Gasteiger charge is -2.32. The molecule has 2 aromatic rings. The number of likely N-dealkylation sites (tertiary alicyclic amines) is 1. The number of carbonyl (C=O) groups excluding carboxylic acids is 1. The van der Waals surface area contributed by atoms with E-state index >= 15 is 0 Å². The summed E-state index contributed by atoms with van der Waals surface area (Å²) in [6, 6.07) is 14.5. The summed E-state index contributed by atoms with van der Waals surface area (Å²) in [5.74, 6) is 0.154. The molecule has 1 saturated heterocycles. The third kappa shape index (κ3) is 2.41. The molecule has 1 aliphatic heterocycles. The molecule has 1 fully saturated rings. The lowest BCUT2D eigenvalue weighted by atomic mass is 10.0. The molecule has 1 amide bonds. The van der Waals surface area contributed by atoms with Gasteiger partial charge in [-0.15, -0.1) is 0 Å². The van der Waals surface area contributed by atoms with Crippen LogP contribution in [0.15, 0.2) is 42.5 Å². The first-order chi connectivity index (χ1) is 9.79. The van der Waals surface area contributed by atoms with E-state index in [0.717, 1.165) is 42.3 Å². The Labute approximate surface area is 119 Å². The molecule has 0 saturated carbocycles. The summed E-state index contributed by atoms with van der Waals surface area (Å²) in [6.07, 6.45) is 2.22. The van der Waals surface area contributed by atoms with E-state index in [4.69, 9.17) is 0 Å². The monoisotopic (exact) mass is 268 g/mol. The minimum Gasteiger partial charge on any atom is -0.337 e. The maximum Gasteiger partial charge on any atom is 0.254 e. The van der Waals surface area contributed by atoms with Crippen LogP contribution < -0.4 is 5.32 Å². The Morgan fingerprint density at radius 2 is 2.00 bits per heavy atom. The number of hydrogen-bond acceptors (Lipinski definition) is 2. The number of rotatable bonds is 2. The van der Waals surface area contributed by atoms with Crippen molar-refractivity contribution < 1.29 is 4.79 Å². The standard InChI is InChI=1S/C17H20N2O/c1-18-14-8-5-11-19(12-14)17(20)16-10-4-7-13-6-2-3-9-15(13)16/h2-4,6-7,9-10,14,18H,5,8,11-12H2,1H3. The van der Waals surface area contributed by atoms with Crippen molar-refractivity contribution in [1.82, 2.24) is 10.2 Å². The highest BCUT2D eigenvalue weighted by Gasteiger charge is 2.24. The minimum absolute atomic E-state index is 0.154. The van der Waals surface area contributed by atoms with Gasteiger partial charge in [-0.05, 0) is 36.7 Å². The van der Waals surface area contributed by atoms with Crippen LogP contribution in [0.2, 0.25) is 0 Å². The van der Waals surface area contributed by atoms with E-state index in [-0.39, 0.29) is 5.91 Å². The van der Waals surface area contributed by atoms with Crippen molar-refractivity contribution in [1.29, 1.82) is 0 Å². The number of nitrogens with one attached hydrogen (secondary N) is 1. The normalized spacial score (nSPS) is 19.2. The van der Waals surface area contributed by atoms with Crippen molar-refractivity contribution >= 4 is 16.7 Å². The molecule has 0 aliphatic carbocycles. The molecule has 1 N–H and O–H groups in total. The van der Waals surface area contributed by atoms with Gasteiger partial charge in [0.15, 0.2) is 0 Å². The molecular weight excluding hydrogens is 248 g/mol. The van der Waals surface area contributed by atoms with Crippen LogP contribution in [0.25, 0.3) is 10.8 Å². The highest BCUT2D eigenvalue weighted by Crippen LogP contribution is 2.21. The van der Waals surface area contributed by atoms with Gasteiger partial charge in [0, 0.05) is 24.7 Å². The molecule has 1 aliphatic rings. The zero-order valence-corrected chi connectivity index (χ0v) is 11.8. The Bertz CT molecular complexity index is 618. The van der Waals surface area contributed by atoms with E-state index in [2.05, 4.69) is 17.4 Å². The second-order valence-electron chi connectivity index (χ2n) is 5.41. The van der Waals surface area contributed by atoms with Gasteiger partial charge in [-0.1, -0.05) is 36.4 Å². The first-order valence-electron chi connectivity index (χ1n) is 7.24. The fraction of sp³-hybridized carbons (Fsp3) is 0.353. The Morgan fingerprint density at radius 1 is 1.20 bits per heavy atom. The SMILES string of the molecule is CNC1CCCN(C(=O)c2cccc3ccccc23)C1. The number of piperidine rings is 1. The number of carbonyl (C=O) groups is 1. The zero-order valence-electron chi connectivity index (χ0n) is 11.8. The lowest BCUT2D eigenvalue weighted by molar-refractivity contribution is 0.0700. The van der Waals surface area contributed by atoms with E-state index in [1.165, 1.54) is 0 Å². The molecule has 1 atom stereocenters. The second kappa shape index (κ2) is 5.63. The molecule has 3 rings (SSSR count). The predicted molar refractivity (Wildman–Crippen MR) is 81.9 cm³/mol. The van der Waals surface area contributed by atoms with Gasteiger partial charge in [-0.2, -0.15) is 0 Å². The van der Waals surface area contributed by atoms with Crippen molar-refractivity contribution in [2.75, 3.05) is 20.1 Å². The van der Waals surface area contributed by atoms with Crippen molar-refractivity contribution in [3.63, 3.8) is 0 Å². The number of nitrogens with zero attached hydrogens (tertiary/aromatic N) is 1. The Balaban J connectivity index is 1.92. The zero-order chi connectivity index (χ0) is 13.9. The van der Waals surface area contributed by atoms with Gasteiger partial charge >= 0.3 is 0 Å². The molecule has 0 spiro atoms. The molecule has 2 aromatic carbocycles. The third-order valence-corrected chi connectivity index (χ3v) is 4.14. The van der Waals surface area contributed by atoms with Crippen LogP contribution in [-0.2, 0) is 0 Å². The summed E-state index contributed by atoms with van der Waals surface area (Å²) in [4.78, 5) is 14.8. The summed E-state index contributed by atoms with van der Waals surface area (Å²) in [6.45, 7) is 1.67. The van der Waals surface area contributed by atoms with E-state index < -0.39 is 0 Å². The maximum absolute atomic E-state index is 12.8. The van der Waals surface area contributed by atoms with Crippen LogP contribution in [0.3, 0.4) is 0 Å². The van der Waals surface area contributed by atoms with Crippen molar-refractivity contribution in [3.8, 4) is 0 Å². The van der Waals surface area contributed by atoms with E-state index in [9.17, 15) is 4.79 Å². The summed E-state index contributed by atoms with van der Waals surface area (Å²) in [5, 5.41) is 5.46. The van der Waals surface area contributed by atoms with Gasteiger partial charge in [0.25, 0.3) is 5.91 Å². The van der Waals surface area contributed by atoms with Gasteiger partial charge in [-0.3, -0.25) is 4.79 Å². The molecule has 104 valence electrons. The van der Waals surface area contributed by atoms with Crippen LogP contribution in [0.4, 0.5) is 0 Å². The lowest BCUT2D eigenvalue weighted by Crippen LogP contribution is -2.47. The number of hydrogen-bond donors (Lipinski definition) is 1. The molecule has 0 bridgehead atoms. The molecule has 1 heterocycles. The van der Waals surface area contributed by atoms with E-state index in [1.807, 2.05) is 42.3 Å². The first kappa shape index (κ1) is 13.1. The third-order valence-electron chi connectivity index (χ3n) is 4.14. The fourth-order valence-electron chi connectivity index (χ4n) is 2.98. The summed E-state index contributed by atoms with van der Waals surface area (Å²) < 4.78 is 0. The minimum atomic E-state index is 0.154. The summed E-state index contributed by atoms with van der Waals surface area (Å²) in [7, 11) is 1.97. The number of benzene rings is 2. The Morgan fingerprint density at radius 3 is 2.85 bits per heavy atom. The molecule has 1 unspecified atom stereocenters. The Hall–Kier alpha value is -1.87. The van der Waals surface area contributed by atoms with E-state index in [1.54, 1.807) is 0 Å². The van der Waals surface area contributed by atoms with Gasteiger partial charge in [-0.25, -0.2) is 0 Å². The fourth-order valence-corrected chi connectivity index (χ4v) is 2.98. The van der Waals surface area contributed by atoms with Crippen molar-refractivity contribution in [3.05, 3.63) is 48.0 Å². The van der Waals surface area contributed by atoms with Gasteiger partial charge in [0.05, 0.1) is 0 Å². The van der Waals surface area contributed by atoms with Gasteiger partial charge in [0.2, 0.25) is 0 Å². The maximum atomic E-state index is 12.8. The second-order valence-corrected chi connectivity index (χ2v) is 5.41. The summed E-state index contributed by atoms with van der Waals surface area (Å²) >= 11 is 0. The molecule has 20 heavy (non-hydrogen) atoms. The summed E-state index contributed by atoms with van der Waals surface area (Å²) in [5.41, 5.74) is 0.819. The van der Waals surface area contributed by atoms with Crippen LogP contribution in [-0.4, -0.2) is 37.0 Å². The smallest absolute Gasteiger partial charge is 0.254 e. The average molecular weight is 268 g/mol. The van der Waals surface area contributed by atoms with Crippen LogP contribution in [0, 0.1) is 0 Å². The molecule has 3 heteroatoms. The molecule has 0 radical (unpaired) electrons. The number of fused-ring (bicyclic) bond motifs is 1. The average Bonchev–Trinajstić information content (AvgIpc) is 2.53. The predicted octanol–water partition coefficient (Wildman–Crippen LogP) is 2.66. The van der Waals surface area contributed by atoms with Crippen LogP contribution in [0.5, 0.6) is 0 Å².